The van der Waals surface area contributed by atoms with Crippen molar-refractivity contribution in [3.63, 3.8) is 0 Å². The summed E-state index contributed by atoms with van der Waals surface area (Å²) >= 11 is 0. The van der Waals surface area contributed by atoms with E-state index in [1.54, 1.807) is 13.0 Å². The Balaban J connectivity index is 0.00000100. The number of aryl methyl sites for hydroxylation is 1. The van der Waals surface area contributed by atoms with Crippen molar-refractivity contribution in [2.45, 2.75) is 52.4 Å². The Hall–Kier alpha value is -1.69. The van der Waals surface area contributed by atoms with Crippen LogP contribution in [0.15, 0.2) is 24.3 Å². The van der Waals surface area contributed by atoms with Crippen molar-refractivity contribution < 1.29 is 13.2 Å². The number of nitrogens with zero attached hydrogens (tertiary/aromatic N) is 1. The lowest BCUT2D eigenvalue weighted by Gasteiger charge is -2.25. The lowest BCUT2D eigenvalue weighted by Crippen LogP contribution is -2.35. The molecule has 134 valence electrons. The van der Waals surface area contributed by atoms with Crippen molar-refractivity contribution in [1.82, 2.24) is 9.88 Å². The van der Waals surface area contributed by atoms with Crippen LogP contribution in [-0.4, -0.2) is 29.9 Å². The fourth-order valence-electron chi connectivity index (χ4n) is 3.12. The molecular weight excluding hydrogens is 315 g/mol. The van der Waals surface area contributed by atoms with E-state index in [4.69, 9.17) is 0 Å². The summed E-state index contributed by atoms with van der Waals surface area (Å²) in [4.78, 5) is 0. The second-order valence-electron chi connectivity index (χ2n) is 5.89. The highest BCUT2D eigenvalue weighted by molar-refractivity contribution is 5.93. The van der Waals surface area contributed by atoms with E-state index < -0.39 is 12.7 Å². The van der Waals surface area contributed by atoms with Crippen LogP contribution in [0, 0.1) is 6.92 Å². The Kier molecular flexibility index (Phi) is 6.15. The van der Waals surface area contributed by atoms with Crippen LogP contribution in [-0.2, 0) is 6.54 Å². The molecule has 6 heteroatoms. The Labute approximate surface area is 141 Å². The number of piperidine rings is 1. The molecule has 3 nitrogen and oxygen atoms in total. The van der Waals surface area contributed by atoms with Crippen LogP contribution in [0.25, 0.3) is 10.9 Å². The van der Waals surface area contributed by atoms with Crippen LogP contribution in [0.4, 0.5) is 18.9 Å². The van der Waals surface area contributed by atoms with Gasteiger partial charge in [-0.15, -0.1) is 0 Å². The summed E-state index contributed by atoms with van der Waals surface area (Å²) in [5.41, 5.74) is 2.19. The number of benzene rings is 1. The van der Waals surface area contributed by atoms with Gasteiger partial charge in [0, 0.05) is 22.8 Å². The average Bonchev–Trinajstić information content (AvgIpc) is 2.86. The van der Waals surface area contributed by atoms with Crippen molar-refractivity contribution >= 4 is 16.6 Å². The summed E-state index contributed by atoms with van der Waals surface area (Å²) in [5, 5.41) is 7.66. The fraction of sp³-hybridized carbons (Fsp3) is 0.556. The molecule has 0 bridgehead atoms. The molecule has 24 heavy (non-hydrogen) atoms. The van der Waals surface area contributed by atoms with Crippen molar-refractivity contribution in [2.75, 3.05) is 18.4 Å². The first-order chi connectivity index (χ1) is 11.4. The van der Waals surface area contributed by atoms with E-state index >= 15 is 0 Å². The summed E-state index contributed by atoms with van der Waals surface area (Å²) in [6.45, 7) is 6.72. The van der Waals surface area contributed by atoms with Crippen LogP contribution in [0.1, 0.15) is 32.4 Å². The first-order valence-corrected chi connectivity index (χ1v) is 8.57. The summed E-state index contributed by atoms with van der Waals surface area (Å²) < 4.78 is 39.6. The topological polar surface area (TPSA) is 29.0 Å². The van der Waals surface area contributed by atoms with Crippen molar-refractivity contribution in [2.24, 2.45) is 0 Å². The molecule has 0 unspecified atom stereocenters. The predicted molar refractivity (Wildman–Crippen MR) is 93.6 cm³/mol. The third-order valence-corrected chi connectivity index (χ3v) is 4.19. The van der Waals surface area contributed by atoms with E-state index in [2.05, 4.69) is 10.6 Å². The lowest BCUT2D eigenvalue weighted by molar-refractivity contribution is -0.140. The van der Waals surface area contributed by atoms with Gasteiger partial charge >= 0.3 is 6.18 Å². The highest BCUT2D eigenvalue weighted by Crippen LogP contribution is 2.30. The van der Waals surface area contributed by atoms with Crippen molar-refractivity contribution in [3.8, 4) is 0 Å². The quantitative estimate of drug-likeness (QED) is 0.847. The van der Waals surface area contributed by atoms with Crippen LogP contribution >= 0.6 is 0 Å². The number of anilines is 1. The zero-order valence-corrected chi connectivity index (χ0v) is 14.5. The largest absolute Gasteiger partial charge is 0.406 e. The molecular formula is C18H26F3N3. The van der Waals surface area contributed by atoms with Gasteiger partial charge in [-0.1, -0.05) is 19.9 Å². The summed E-state index contributed by atoms with van der Waals surface area (Å²) in [6.07, 6.45) is -2.16. The van der Waals surface area contributed by atoms with E-state index in [-0.39, 0.29) is 0 Å². The molecule has 0 aliphatic carbocycles. The molecule has 1 fully saturated rings. The minimum atomic E-state index is -4.21. The number of fused-ring (bicyclic) bond motifs is 1. The van der Waals surface area contributed by atoms with Gasteiger partial charge < -0.3 is 15.2 Å². The number of hydrogen-bond acceptors (Lipinski definition) is 2. The van der Waals surface area contributed by atoms with Gasteiger partial charge in [0.05, 0.1) is 5.52 Å². The number of halogens is 3. The minimum absolute atomic E-state index is 0.373. The smallest absolute Gasteiger partial charge is 0.382 e. The molecule has 3 rings (SSSR count). The molecule has 1 aliphatic heterocycles. The molecule has 2 heterocycles. The van der Waals surface area contributed by atoms with Crippen LogP contribution in [0.3, 0.4) is 0 Å². The third kappa shape index (κ3) is 4.44. The van der Waals surface area contributed by atoms with Gasteiger partial charge in [0.2, 0.25) is 0 Å². The number of nitrogens with one attached hydrogen (secondary N) is 2. The summed E-state index contributed by atoms with van der Waals surface area (Å²) in [5.74, 6) is 0. The predicted octanol–water partition coefficient (Wildman–Crippen LogP) is 4.70. The highest BCUT2D eigenvalue weighted by Gasteiger charge is 2.29. The number of alkyl halides is 3. The Bertz CT molecular complexity index is 655. The van der Waals surface area contributed by atoms with E-state index in [0.29, 0.717) is 17.3 Å². The molecule has 2 aromatic rings. The second-order valence-corrected chi connectivity index (χ2v) is 5.89. The van der Waals surface area contributed by atoms with Gasteiger partial charge in [0.25, 0.3) is 0 Å². The molecule has 0 atom stereocenters. The molecule has 0 amide bonds. The van der Waals surface area contributed by atoms with E-state index in [0.717, 1.165) is 37.0 Å². The van der Waals surface area contributed by atoms with Crippen LogP contribution in [0.2, 0.25) is 0 Å². The van der Waals surface area contributed by atoms with Gasteiger partial charge in [-0.25, -0.2) is 0 Å². The normalized spacial score (nSPS) is 15.9. The Morgan fingerprint density at radius 3 is 2.50 bits per heavy atom. The maximum absolute atomic E-state index is 12.8. The number of aromatic nitrogens is 1. The molecule has 0 radical (unpaired) electrons. The van der Waals surface area contributed by atoms with Crippen molar-refractivity contribution in [1.29, 1.82) is 0 Å². The first-order valence-electron chi connectivity index (χ1n) is 8.57. The monoisotopic (exact) mass is 341 g/mol. The Morgan fingerprint density at radius 1 is 1.21 bits per heavy atom. The molecule has 1 aromatic heterocycles. The van der Waals surface area contributed by atoms with E-state index in [1.807, 2.05) is 32.0 Å². The zero-order chi connectivity index (χ0) is 17.7. The summed E-state index contributed by atoms with van der Waals surface area (Å²) in [7, 11) is 0. The number of hydrogen-bond donors (Lipinski definition) is 2. The lowest BCUT2D eigenvalue weighted by atomic mass is 10.1. The summed E-state index contributed by atoms with van der Waals surface area (Å²) in [6, 6.07) is 7.73. The SMILES string of the molecule is CC.Cc1cc2c(NC3CCNCC3)cccc2n1CC(F)(F)F. The molecule has 2 N–H and O–H groups in total. The molecule has 1 aromatic carbocycles. The van der Waals surface area contributed by atoms with Crippen LogP contribution < -0.4 is 10.6 Å². The van der Waals surface area contributed by atoms with Crippen LogP contribution in [0.5, 0.6) is 0 Å². The molecule has 1 aliphatic rings. The van der Waals surface area contributed by atoms with Gasteiger partial charge in [0.15, 0.2) is 0 Å². The highest BCUT2D eigenvalue weighted by atomic mass is 19.4. The van der Waals surface area contributed by atoms with Crippen molar-refractivity contribution in [3.05, 3.63) is 30.0 Å². The third-order valence-electron chi connectivity index (χ3n) is 4.19. The fourth-order valence-corrected chi connectivity index (χ4v) is 3.12. The average molecular weight is 341 g/mol. The zero-order valence-electron chi connectivity index (χ0n) is 14.5. The van der Waals surface area contributed by atoms with E-state index in [9.17, 15) is 13.2 Å². The first kappa shape index (κ1) is 18.6. The standard InChI is InChI=1S/C16H20F3N3.C2H6/c1-11-9-13-14(21-12-5-7-20-8-6-12)3-2-4-15(13)22(11)10-16(17,18)19;1-2/h2-4,9,12,20-21H,5-8,10H2,1H3;1-2H3. The van der Waals surface area contributed by atoms with Gasteiger partial charge in [-0.05, 0) is 51.1 Å². The molecule has 0 spiro atoms. The van der Waals surface area contributed by atoms with Gasteiger partial charge in [-0.2, -0.15) is 13.2 Å². The second kappa shape index (κ2) is 7.92. The van der Waals surface area contributed by atoms with E-state index in [1.165, 1.54) is 4.57 Å². The van der Waals surface area contributed by atoms with Gasteiger partial charge in [-0.3, -0.25) is 0 Å². The minimum Gasteiger partial charge on any atom is -0.382 e. The van der Waals surface area contributed by atoms with Gasteiger partial charge in [0.1, 0.15) is 6.54 Å². The molecule has 0 saturated carbocycles. The Morgan fingerprint density at radius 2 is 1.88 bits per heavy atom. The number of rotatable bonds is 3. The molecule has 1 saturated heterocycles. The maximum Gasteiger partial charge on any atom is 0.406 e. The maximum atomic E-state index is 12.8.